The Kier molecular flexibility index (Phi) is 8.11. The molecule has 4 nitrogen and oxygen atoms in total. The van der Waals surface area contributed by atoms with Crippen LogP contribution in [0.2, 0.25) is 0 Å². The molecule has 0 atom stereocenters. The Morgan fingerprint density at radius 3 is 2.73 bits per heavy atom. The number of nitrogens with one attached hydrogen (secondary N) is 2. The number of guanidine groups is 1. The van der Waals surface area contributed by atoms with Gasteiger partial charge in [0.1, 0.15) is 5.75 Å². The minimum absolute atomic E-state index is 0.166. The molecule has 0 amide bonds. The Labute approximate surface area is 134 Å². The molecular weight excluding hydrogens is 274 g/mol. The number of hydrogen-bond acceptors (Lipinski definition) is 2. The first-order chi connectivity index (χ1) is 10.6. The van der Waals surface area contributed by atoms with Crippen molar-refractivity contribution < 1.29 is 4.74 Å². The van der Waals surface area contributed by atoms with Gasteiger partial charge in [-0.25, -0.2) is 0 Å². The molecule has 0 aromatic heterocycles. The molecule has 0 heterocycles. The summed E-state index contributed by atoms with van der Waals surface area (Å²) in [5.74, 6) is 1.74. The molecule has 0 bridgehead atoms. The van der Waals surface area contributed by atoms with E-state index in [0.717, 1.165) is 30.2 Å². The Bertz CT molecular complexity index is 507. The van der Waals surface area contributed by atoms with E-state index in [0.29, 0.717) is 6.54 Å². The predicted molar refractivity (Wildman–Crippen MR) is 94.6 cm³/mol. The monoisotopic (exact) mass is 303 g/mol. The molecule has 1 aromatic rings. The zero-order chi connectivity index (χ0) is 16.4. The van der Waals surface area contributed by atoms with Gasteiger partial charge in [-0.2, -0.15) is 0 Å². The summed E-state index contributed by atoms with van der Waals surface area (Å²) in [4.78, 5) is 4.24. The highest BCUT2D eigenvalue weighted by Gasteiger charge is 2.07. The molecule has 0 aliphatic carbocycles. The molecule has 0 fully saturated rings. The highest BCUT2D eigenvalue weighted by atomic mass is 16.5. The SMILES string of the molecule is C/C=C/CCNC(=NC)NCc1ccc(C)cc1OC(C)C. The molecular formula is C18H29N3O. The van der Waals surface area contributed by atoms with E-state index in [4.69, 9.17) is 4.74 Å². The fourth-order valence-corrected chi connectivity index (χ4v) is 2.01. The quantitative estimate of drug-likeness (QED) is 0.351. The second-order valence-corrected chi connectivity index (χ2v) is 5.49. The van der Waals surface area contributed by atoms with Crippen LogP contribution in [-0.2, 0) is 6.54 Å². The molecule has 0 aliphatic heterocycles. The van der Waals surface area contributed by atoms with Gasteiger partial charge in [0.15, 0.2) is 5.96 Å². The number of hydrogen-bond donors (Lipinski definition) is 2. The molecule has 1 aromatic carbocycles. The third-order valence-electron chi connectivity index (χ3n) is 3.09. The van der Waals surface area contributed by atoms with Crippen LogP contribution in [-0.4, -0.2) is 25.7 Å². The van der Waals surface area contributed by atoms with Crippen LogP contribution >= 0.6 is 0 Å². The van der Waals surface area contributed by atoms with Crippen molar-refractivity contribution in [3.8, 4) is 5.75 Å². The summed E-state index contributed by atoms with van der Waals surface area (Å²) in [5.41, 5.74) is 2.34. The second-order valence-electron chi connectivity index (χ2n) is 5.49. The van der Waals surface area contributed by atoms with E-state index >= 15 is 0 Å². The lowest BCUT2D eigenvalue weighted by Gasteiger charge is -2.17. The fraction of sp³-hybridized carbons (Fsp3) is 0.500. The number of rotatable bonds is 7. The van der Waals surface area contributed by atoms with Crippen molar-refractivity contribution in [1.82, 2.24) is 10.6 Å². The van der Waals surface area contributed by atoms with E-state index in [-0.39, 0.29) is 6.10 Å². The summed E-state index contributed by atoms with van der Waals surface area (Å²) in [6.45, 7) is 9.74. The molecule has 0 radical (unpaired) electrons. The van der Waals surface area contributed by atoms with Gasteiger partial charge < -0.3 is 15.4 Å². The van der Waals surface area contributed by atoms with Crippen LogP contribution < -0.4 is 15.4 Å². The van der Waals surface area contributed by atoms with Gasteiger partial charge in [-0.05, 0) is 45.7 Å². The van der Waals surface area contributed by atoms with Gasteiger partial charge >= 0.3 is 0 Å². The van der Waals surface area contributed by atoms with Gasteiger partial charge in [-0.3, -0.25) is 4.99 Å². The van der Waals surface area contributed by atoms with E-state index in [9.17, 15) is 0 Å². The van der Waals surface area contributed by atoms with Crippen molar-refractivity contribution in [3.05, 3.63) is 41.5 Å². The van der Waals surface area contributed by atoms with Crippen molar-refractivity contribution in [2.75, 3.05) is 13.6 Å². The van der Waals surface area contributed by atoms with E-state index in [2.05, 4.69) is 52.9 Å². The maximum Gasteiger partial charge on any atom is 0.191 e. The van der Waals surface area contributed by atoms with E-state index in [1.54, 1.807) is 7.05 Å². The van der Waals surface area contributed by atoms with Crippen molar-refractivity contribution in [2.24, 2.45) is 4.99 Å². The maximum atomic E-state index is 5.90. The highest BCUT2D eigenvalue weighted by molar-refractivity contribution is 5.79. The second kappa shape index (κ2) is 9.87. The summed E-state index contributed by atoms with van der Waals surface area (Å²) >= 11 is 0. The summed E-state index contributed by atoms with van der Waals surface area (Å²) in [6, 6.07) is 6.29. The van der Waals surface area contributed by atoms with Crippen molar-refractivity contribution in [3.63, 3.8) is 0 Å². The third-order valence-corrected chi connectivity index (χ3v) is 3.09. The number of aryl methyl sites for hydroxylation is 1. The average molecular weight is 303 g/mol. The van der Waals surface area contributed by atoms with E-state index in [1.165, 1.54) is 5.56 Å². The zero-order valence-corrected chi connectivity index (χ0v) is 14.4. The molecule has 22 heavy (non-hydrogen) atoms. The van der Waals surface area contributed by atoms with Crippen LogP contribution in [0.5, 0.6) is 5.75 Å². The van der Waals surface area contributed by atoms with Gasteiger partial charge in [-0.15, -0.1) is 0 Å². The standard InChI is InChI=1S/C18H29N3O/c1-6-7-8-11-20-18(19-5)21-13-16-10-9-15(4)12-17(16)22-14(2)3/h6-7,9-10,12,14H,8,11,13H2,1-5H3,(H2,19,20,21)/b7-6+. The number of ether oxygens (including phenoxy) is 1. The minimum atomic E-state index is 0.166. The third kappa shape index (κ3) is 6.66. The molecule has 1 rings (SSSR count). The van der Waals surface area contributed by atoms with Crippen molar-refractivity contribution >= 4 is 5.96 Å². The molecule has 0 aliphatic rings. The smallest absolute Gasteiger partial charge is 0.191 e. The van der Waals surface area contributed by atoms with E-state index in [1.807, 2.05) is 20.8 Å². The van der Waals surface area contributed by atoms with Gasteiger partial charge in [-0.1, -0.05) is 24.3 Å². The summed E-state index contributed by atoms with van der Waals surface area (Å²) < 4.78 is 5.90. The fourth-order valence-electron chi connectivity index (χ4n) is 2.01. The van der Waals surface area contributed by atoms with E-state index < -0.39 is 0 Å². The molecule has 0 spiro atoms. The lowest BCUT2D eigenvalue weighted by atomic mass is 10.1. The van der Waals surface area contributed by atoms with Crippen LogP contribution in [0.15, 0.2) is 35.3 Å². The van der Waals surface area contributed by atoms with Crippen LogP contribution in [0.25, 0.3) is 0 Å². The first kappa shape index (κ1) is 18.1. The van der Waals surface area contributed by atoms with Crippen LogP contribution in [0.1, 0.15) is 38.3 Å². The predicted octanol–water partition coefficient (Wildman–Crippen LogP) is 3.41. The normalized spacial score (nSPS) is 12.0. The molecule has 0 unspecified atom stereocenters. The number of benzene rings is 1. The topological polar surface area (TPSA) is 45.7 Å². The summed E-state index contributed by atoms with van der Waals surface area (Å²) in [7, 11) is 1.78. The number of allylic oxidation sites excluding steroid dienone is 1. The van der Waals surface area contributed by atoms with Gasteiger partial charge in [0.25, 0.3) is 0 Å². The van der Waals surface area contributed by atoms with Crippen LogP contribution in [0.3, 0.4) is 0 Å². The van der Waals surface area contributed by atoms with Gasteiger partial charge in [0.2, 0.25) is 0 Å². The molecule has 0 saturated carbocycles. The first-order valence-electron chi connectivity index (χ1n) is 7.88. The molecule has 122 valence electrons. The molecule has 4 heteroatoms. The van der Waals surface area contributed by atoms with Crippen LogP contribution in [0, 0.1) is 6.92 Å². The van der Waals surface area contributed by atoms with Crippen LogP contribution in [0.4, 0.5) is 0 Å². The number of nitrogens with zero attached hydrogens (tertiary/aromatic N) is 1. The Morgan fingerprint density at radius 1 is 1.32 bits per heavy atom. The molecule has 2 N–H and O–H groups in total. The minimum Gasteiger partial charge on any atom is -0.491 e. The zero-order valence-electron chi connectivity index (χ0n) is 14.4. The number of aliphatic imine (C=N–C) groups is 1. The Balaban J connectivity index is 2.62. The van der Waals surface area contributed by atoms with Crippen molar-refractivity contribution in [2.45, 2.75) is 46.8 Å². The maximum absolute atomic E-state index is 5.90. The highest BCUT2D eigenvalue weighted by Crippen LogP contribution is 2.21. The largest absolute Gasteiger partial charge is 0.491 e. The molecule has 0 saturated heterocycles. The van der Waals surface area contributed by atoms with Crippen molar-refractivity contribution in [1.29, 1.82) is 0 Å². The average Bonchev–Trinajstić information content (AvgIpc) is 2.47. The van der Waals surface area contributed by atoms with Gasteiger partial charge in [0.05, 0.1) is 6.10 Å². The summed E-state index contributed by atoms with van der Waals surface area (Å²) in [5, 5.41) is 6.62. The lowest BCUT2D eigenvalue weighted by Crippen LogP contribution is -2.37. The van der Waals surface area contributed by atoms with Gasteiger partial charge in [0, 0.05) is 25.7 Å². The Morgan fingerprint density at radius 2 is 2.09 bits per heavy atom. The Hall–Kier alpha value is -1.97. The first-order valence-corrected chi connectivity index (χ1v) is 7.88. The summed E-state index contributed by atoms with van der Waals surface area (Å²) in [6.07, 6.45) is 5.34. The lowest BCUT2D eigenvalue weighted by molar-refractivity contribution is 0.239.